The number of hydrogen-bond donors (Lipinski definition) is 1. The van der Waals surface area contributed by atoms with Crippen molar-refractivity contribution in [1.82, 2.24) is 14.5 Å². The molecular formula is C17H22N4O4. The molecule has 0 bridgehead atoms. The van der Waals surface area contributed by atoms with E-state index in [4.69, 9.17) is 4.74 Å². The molecule has 4 rings (SSSR count). The molecule has 4 heterocycles. The molecule has 0 aromatic carbocycles. The lowest BCUT2D eigenvalue weighted by molar-refractivity contribution is -0.131. The molecule has 3 aliphatic heterocycles. The fourth-order valence-corrected chi connectivity index (χ4v) is 3.79. The highest BCUT2D eigenvalue weighted by atomic mass is 16.5. The second kappa shape index (κ2) is 6.09. The minimum atomic E-state index is -0.288. The van der Waals surface area contributed by atoms with Crippen LogP contribution in [0, 0.1) is 0 Å². The zero-order chi connectivity index (χ0) is 17.6. The smallest absolute Gasteiger partial charge is 0.278 e. The molecule has 134 valence electrons. The molecule has 2 amide bonds. The van der Waals surface area contributed by atoms with E-state index in [2.05, 4.69) is 5.43 Å². The van der Waals surface area contributed by atoms with Crippen molar-refractivity contribution in [2.75, 3.05) is 25.1 Å². The van der Waals surface area contributed by atoms with Gasteiger partial charge in [0.2, 0.25) is 11.3 Å². The topological polar surface area (TPSA) is 83.9 Å². The first-order valence-electron chi connectivity index (χ1n) is 8.85. The molecule has 0 aliphatic carbocycles. The molecule has 2 atom stereocenters. The van der Waals surface area contributed by atoms with Crippen LogP contribution in [0.25, 0.3) is 0 Å². The second-order valence-electron chi connectivity index (χ2n) is 6.77. The minimum absolute atomic E-state index is 0.0703. The van der Waals surface area contributed by atoms with Gasteiger partial charge in [-0.2, -0.15) is 0 Å². The van der Waals surface area contributed by atoms with E-state index in [1.807, 2.05) is 11.8 Å². The van der Waals surface area contributed by atoms with Crippen LogP contribution in [0.5, 0.6) is 5.75 Å². The maximum absolute atomic E-state index is 13.1. The average Bonchev–Trinajstić information content (AvgIpc) is 2.96. The van der Waals surface area contributed by atoms with Crippen LogP contribution in [-0.4, -0.2) is 58.2 Å². The molecule has 1 aromatic rings. The Kier molecular flexibility index (Phi) is 3.89. The molecule has 1 unspecified atom stereocenters. The molecule has 3 aliphatic rings. The third kappa shape index (κ3) is 2.56. The van der Waals surface area contributed by atoms with Gasteiger partial charge in [-0.3, -0.25) is 19.1 Å². The summed E-state index contributed by atoms with van der Waals surface area (Å²) in [6.07, 6.45) is 4.34. The molecule has 1 N–H and O–H groups in total. The summed E-state index contributed by atoms with van der Waals surface area (Å²) in [5.41, 5.74) is 3.19. The van der Waals surface area contributed by atoms with Gasteiger partial charge in [0.05, 0.1) is 19.2 Å². The van der Waals surface area contributed by atoms with Crippen molar-refractivity contribution in [3.05, 3.63) is 28.2 Å². The van der Waals surface area contributed by atoms with E-state index in [1.54, 1.807) is 15.8 Å². The first-order chi connectivity index (χ1) is 12.1. The second-order valence-corrected chi connectivity index (χ2v) is 6.77. The fourth-order valence-electron chi connectivity index (χ4n) is 3.79. The van der Waals surface area contributed by atoms with Gasteiger partial charge in [-0.1, -0.05) is 13.3 Å². The predicted octanol–water partition coefficient (Wildman–Crippen LogP) is 0.357. The lowest BCUT2D eigenvalue weighted by Crippen LogP contribution is -2.65. The predicted molar refractivity (Wildman–Crippen MR) is 90.0 cm³/mol. The highest BCUT2D eigenvalue weighted by Gasteiger charge is 2.45. The Hall–Kier alpha value is -2.51. The number of amides is 2. The average molecular weight is 346 g/mol. The maximum atomic E-state index is 13.1. The number of carbonyl (C=O) groups is 2. The number of nitrogens with one attached hydrogen (secondary N) is 1. The quantitative estimate of drug-likeness (QED) is 0.796. The zero-order valence-electron chi connectivity index (χ0n) is 14.2. The molecule has 25 heavy (non-hydrogen) atoms. The number of ether oxygens (including phenoxy) is 1. The summed E-state index contributed by atoms with van der Waals surface area (Å²) in [7, 11) is 0. The van der Waals surface area contributed by atoms with E-state index in [9.17, 15) is 14.4 Å². The van der Waals surface area contributed by atoms with Gasteiger partial charge in [-0.25, -0.2) is 0 Å². The molecule has 0 radical (unpaired) electrons. The monoisotopic (exact) mass is 346 g/mol. The van der Waals surface area contributed by atoms with Gasteiger partial charge >= 0.3 is 0 Å². The molecule has 0 spiro atoms. The van der Waals surface area contributed by atoms with Crippen LogP contribution in [0.4, 0.5) is 0 Å². The zero-order valence-corrected chi connectivity index (χ0v) is 14.2. The first kappa shape index (κ1) is 16.0. The standard InChI is InChI=1S/C17H22N4O4/c1-2-3-8-25-16-12(22)6-7-21-15(16)17(24)20-9-11-4-5-14(23)19(11)10-13(20)18-21/h6-7,11,13,18H,2-5,8-10H2,1H3/t11-,13?/m0/s1. The molecule has 1 aromatic heterocycles. The van der Waals surface area contributed by atoms with Crippen molar-refractivity contribution in [1.29, 1.82) is 0 Å². The van der Waals surface area contributed by atoms with Gasteiger partial charge in [-0.15, -0.1) is 0 Å². The fraction of sp³-hybridized carbons (Fsp3) is 0.588. The van der Waals surface area contributed by atoms with Crippen LogP contribution in [0.2, 0.25) is 0 Å². The van der Waals surface area contributed by atoms with Crippen LogP contribution in [0.3, 0.4) is 0 Å². The molecule has 8 heteroatoms. The lowest BCUT2D eigenvalue weighted by Gasteiger charge is -2.47. The van der Waals surface area contributed by atoms with E-state index in [1.165, 1.54) is 6.07 Å². The van der Waals surface area contributed by atoms with Crippen molar-refractivity contribution in [3.8, 4) is 5.75 Å². The van der Waals surface area contributed by atoms with Gasteiger partial charge < -0.3 is 20.0 Å². The molecule has 8 nitrogen and oxygen atoms in total. The molecule has 2 fully saturated rings. The summed E-state index contributed by atoms with van der Waals surface area (Å²) in [6, 6.07) is 1.47. The largest absolute Gasteiger partial charge is 0.487 e. The number of pyridine rings is 1. The number of rotatable bonds is 4. The van der Waals surface area contributed by atoms with Crippen LogP contribution < -0.4 is 15.6 Å². The Bertz CT molecular complexity index is 774. The van der Waals surface area contributed by atoms with Gasteiger partial charge in [0.15, 0.2) is 11.4 Å². The SMILES string of the molecule is CCCCOc1c2n(ccc1=O)NC1CN3C(=O)CC[C@H]3CN1C2=O. The summed E-state index contributed by atoms with van der Waals surface area (Å²) in [5, 5.41) is 0. The van der Waals surface area contributed by atoms with Crippen molar-refractivity contribution in [2.45, 2.75) is 44.8 Å². The first-order valence-corrected chi connectivity index (χ1v) is 8.85. The third-order valence-electron chi connectivity index (χ3n) is 5.16. The van der Waals surface area contributed by atoms with E-state index in [-0.39, 0.29) is 40.9 Å². The Morgan fingerprint density at radius 2 is 2.08 bits per heavy atom. The Labute approximate surface area is 145 Å². The summed E-state index contributed by atoms with van der Waals surface area (Å²) in [4.78, 5) is 40.9. The van der Waals surface area contributed by atoms with Crippen molar-refractivity contribution in [2.24, 2.45) is 0 Å². The van der Waals surface area contributed by atoms with E-state index in [0.29, 0.717) is 26.1 Å². The van der Waals surface area contributed by atoms with E-state index in [0.717, 1.165) is 19.3 Å². The number of carbonyl (C=O) groups excluding carboxylic acids is 2. The summed E-state index contributed by atoms with van der Waals surface area (Å²) >= 11 is 0. The Balaban J connectivity index is 1.66. The lowest BCUT2D eigenvalue weighted by atomic mass is 10.1. The Morgan fingerprint density at radius 1 is 1.24 bits per heavy atom. The highest BCUT2D eigenvalue weighted by Crippen LogP contribution is 2.29. The normalized spacial score (nSPS) is 24.5. The molecular weight excluding hydrogens is 324 g/mol. The molecule has 2 saturated heterocycles. The van der Waals surface area contributed by atoms with Crippen LogP contribution >= 0.6 is 0 Å². The molecule has 0 saturated carbocycles. The van der Waals surface area contributed by atoms with Crippen LogP contribution in [0.15, 0.2) is 17.1 Å². The van der Waals surface area contributed by atoms with Gasteiger partial charge in [0.1, 0.15) is 6.17 Å². The van der Waals surface area contributed by atoms with Gasteiger partial charge in [0.25, 0.3) is 5.91 Å². The number of aromatic nitrogens is 1. The van der Waals surface area contributed by atoms with E-state index < -0.39 is 0 Å². The Morgan fingerprint density at radius 3 is 2.88 bits per heavy atom. The number of piperazine rings is 1. The van der Waals surface area contributed by atoms with Gasteiger partial charge in [-0.05, 0) is 12.8 Å². The summed E-state index contributed by atoms with van der Waals surface area (Å²) in [5.74, 6) is 0.0389. The van der Waals surface area contributed by atoms with Crippen LogP contribution in [-0.2, 0) is 4.79 Å². The summed E-state index contributed by atoms with van der Waals surface area (Å²) < 4.78 is 7.21. The van der Waals surface area contributed by atoms with Crippen molar-refractivity contribution >= 4 is 11.8 Å². The number of nitrogens with zero attached hydrogens (tertiary/aromatic N) is 3. The maximum Gasteiger partial charge on any atom is 0.278 e. The van der Waals surface area contributed by atoms with E-state index >= 15 is 0 Å². The summed E-state index contributed by atoms with van der Waals surface area (Å²) in [6.45, 7) is 3.40. The number of fused-ring (bicyclic) bond motifs is 3. The van der Waals surface area contributed by atoms with Crippen molar-refractivity contribution in [3.63, 3.8) is 0 Å². The number of hydrogen-bond acceptors (Lipinski definition) is 5. The highest BCUT2D eigenvalue weighted by molar-refractivity contribution is 5.96. The number of unbranched alkanes of at least 4 members (excludes halogenated alkanes) is 1. The van der Waals surface area contributed by atoms with Gasteiger partial charge in [0, 0.05) is 25.2 Å². The van der Waals surface area contributed by atoms with Crippen molar-refractivity contribution < 1.29 is 14.3 Å². The van der Waals surface area contributed by atoms with Crippen LogP contribution in [0.1, 0.15) is 43.1 Å². The minimum Gasteiger partial charge on any atom is -0.487 e. The third-order valence-corrected chi connectivity index (χ3v) is 5.16.